The molecule has 8 nitrogen and oxygen atoms in total. The molecular weight excluding hydrogens is 408 g/mol. The van der Waals surface area contributed by atoms with Crippen molar-refractivity contribution < 1.29 is 22.6 Å². The van der Waals surface area contributed by atoms with E-state index in [9.17, 15) is 13.2 Å². The third-order valence-electron chi connectivity index (χ3n) is 4.51. The first-order valence-electron chi connectivity index (χ1n) is 8.94. The molecule has 0 aliphatic carbocycles. The first-order valence-corrected chi connectivity index (χ1v) is 10.8. The number of ether oxygens (including phenoxy) is 3. The van der Waals surface area contributed by atoms with Gasteiger partial charge in [0.2, 0.25) is 5.75 Å². The Balaban J connectivity index is 1.99. The highest BCUT2D eigenvalue weighted by atomic mass is 32.2. The predicted octanol–water partition coefficient (Wildman–Crippen LogP) is 2.39. The summed E-state index contributed by atoms with van der Waals surface area (Å²) in [6.45, 7) is 0.196. The van der Waals surface area contributed by atoms with Gasteiger partial charge in [-0.25, -0.2) is 13.1 Å². The van der Waals surface area contributed by atoms with Crippen LogP contribution in [-0.2, 0) is 16.4 Å². The topological polar surface area (TPSA) is 96.7 Å². The van der Waals surface area contributed by atoms with E-state index < -0.39 is 9.84 Å². The van der Waals surface area contributed by atoms with Crippen molar-refractivity contribution in [2.24, 2.45) is 0 Å². The van der Waals surface area contributed by atoms with Gasteiger partial charge in [-0.1, -0.05) is 12.1 Å². The highest BCUT2D eigenvalue weighted by Crippen LogP contribution is 2.40. The van der Waals surface area contributed by atoms with Crippen LogP contribution in [0.15, 0.2) is 58.2 Å². The lowest BCUT2D eigenvalue weighted by molar-refractivity contribution is 0.324. The Hall–Kier alpha value is -3.33. The monoisotopic (exact) mass is 430 g/mol. The fourth-order valence-corrected chi connectivity index (χ4v) is 3.59. The van der Waals surface area contributed by atoms with Crippen LogP contribution in [0.3, 0.4) is 0 Å². The minimum absolute atomic E-state index is 0.196. The second-order valence-electron chi connectivity index (χ2n) is 6.54. The lowest BCUT2D eigenvalue weighted by atomic mass is 10.1. The molecule has 0 saturated heterocycles. The quantitative estimate of drug-likeness (QED) is 0.568. The largest absolute Gasteiger partial charge is 0.493 e. The lowest BCUT2D eigenvalue weighted by Gasteiger charge is -2.14. The SMILES string of the molecule is COc1cc(-c2ccc(=O)n(Cc3ccc(S(C)(=O)=O)cc3)n2)cc(OC)c1OC. The van der Waals surface area contributed by atoms with Gasteiger partial charge in [0.05, 0.1) is 38.5 Å². The molecule has 1 heterocycles. The average molecular weight is 430 g/mol. The molecule has 0 fully saturated rings. The van der Waals surface area contributed by atoms with Gasteiger partial charge in [0.25, 0.3) is 5.56 Å². The number of nitrogens with zero attached hydrogens (tertiary/aromatic N) is 2. The Labute approximate surface area is 174 Å². The van der Waals surface area contributed by atoms with E-state index >= 15 is 0 Å². The Morgan fingerprint density at radius 2 is 1.50 bits per heavy atom. The van der Waals surface area contributed by atoms with Crippen LogP contribution in [0, 0.1) is 0 Å². The normalized spacial score (nSPS) is 11.2. The molecule has 0 saturated carbocycles. The molecular formula is C21H22N2O6S. The third kappa shape index (κ3) is 4.46. The standard InChI is InChI=1S/C21H22N2O6S/c1-27-18-11-15(12-19(28-2)21(18)29-3)17-9-10-20(24)23(22-17)13-14-5-7-16(8-6-14)30(4,25)26/h5-12H,13H2,1-4H3. The molecule has 0 aliphatic heterocycles. The summed E-state index contributed by atoms with van der Waals surface area (Å²) >= 11 is 0. The highest BCUT2D eigenvalue weighted by molar-refractivity contribution is 7.90. The smallest absolute Gasteiger partial charge is 0.267 e. The Bertz CT molecular complexity index is 1190. The van der Waals surface area contributed by atoms with E-state index in [1.807, 2.05) is 0 Å². The van der Waals surface area contributed by atoms with Crippen LogP contribution in [-0.4, -0.2) is 45.8 Å². The van der Waals surface area contributed by atoms with E-state index in [0.717, 1.165) is 11.8 Å². The number of hydrogen-bond acceptors (Lipinski definition) is 7. The van der Waals surface area contributed by atoms with Gasteiger partial charge in [-0.3, -0.25) is 4.79 Å². The van der Waals surface area contributed by atoms with E-state index in [1.54, 1.807) is 30.3 Å². The number of hydrogen-bond donors (Lipinski definition) is 0. The second kappa shape index (κ2) is 8.58. The molecule has 0 bridgehead atoms. The van der Waals surface area contributed by atoms with Crippen LogP contribution in [0.1, 0.15) is 5.56 Å². The van der Waals surface area contributed by atoms with Gasteiger partial charge in [0.15, 0.2) is 21.3 Å². The zero-order valence-electron chi connectivity index (χ0n) is 17.1. The number of methoxy groups -OCH3 is 3. The first kappa shape index (κ1) is 21.4. The molecule has 2 aromatic carbocycles. The molecule has 3 aromatic rings. The predicted molar refractivity (Wildman–Crippen MR) is 112 cm³/mol. The highest BCUT2D eigenvalue weighted by Gasteiger charge is 2.15. The van der Waals surface area contributed by atoms with Gasteiger partial charge < -0.3 is 14.2 Å². The van der Waals surface area contributed by atoms with Crippen molar-refractivity contribution in [1.29, 1.82) is 0 Å². The number of aromatic nitrogens is 2. The van der Waals surface area contributed by atoms with Crippen LogP contribution in [0.2, 0.25) is 0 Å². The summed E-state index contributed by atoms with van der Waals surface area (Å²) in [5.74, 6) is 1.41. The van der Waals surface area contributed by atoms with Crippen molar-refractivity contribution in [2.45, 2.75) is 11.4 Å². The van der Waals surface area contributed by atoms with Crippen LogP contribution >= 0.6 is 0 Å². The van der Waals surface area contributed by atoms with E-state index in [0.29, 0.717) is 28.5 Å². The Morgan fingerprint density at radius 3 is 2.00 bits per heavy atom. The van der Waals surface area contributed by atoms with Gasteiger partial charge in [-0.05, 0) is 35.9 Å². The van der Waals surface area contributed by atoms with E-state index in [1.165, 1.54) is 44.2 Å². The number of sulfone groups is 1. The van der Waals surface area contributed by atoms with E-state index in [-0.39, 0.29) is 17.0 Å². The molecule has 1 aromatic heterocycles. The molecule has 0 aliphatic rings. The van der Waals surface area contributed by atoms with Gasteiger partial charge in [-0.15, -0.1) is 0 Å². The number of benzene rings is 2. The number of rotatable bonds is 7. The van der Waals surface area contributed by atoms with Gasteiger partial charge in [0.1, 0.15) is 0 Å². The van der Waals surface area contributed by atoms with Crippen molar-refractivity contribution in [3.8, 4) is 28.5 Å². The summed E-state index contributed by atoms with van der Waals surface area (Å²) in [6.07, 6.45) is 1.15. The summed E-state index contributed by atoms with van der Waals surface area (Å²) in [5.41, 5.74) is 1.70. The van der Waals surface area contributed by atoms with Crippen LogP contribution in [0.25, 0.3) is 11.3 Å². The molecule has 3 rings (SSSR count). The second-order valence-corrected chi connectivity index (χ2v) is 8.56. The first-order chi connectivity index (χ1) is 14.3. The fraction of sp³-hybridized carbons (Fsp3) is 0.238. The molecule has 9 heteroatoms. The Morgan fingerprint density at radius 1 is 0.900 bits per heavy atom. The minimum Gasteiger partial charge on any atom is -0.493 e. The van der Waals surface area contributed by atoms with Crippen molar-refractivity contribution in [1.82, 2.24) is 9.78 Å². The molecule has 0 spiro atoms. The summed E-state index contributed by atoms with van der Waals surface area (Å²) < 4.78 is 40.6. The molecule has 158 valence electrons. The van der Waals surface area contributed by atoms with Crippen molar-refractivity contribution in [3.05, 3.63) is 64.4 Å². The zero-order valence-corrected chi connectivity index (χ0v) is 17.9. The average Bonchev–Trinajstić information content (AvgIpc) is 2.73. The summed E-state index contributed by atoms with van der Waals surface area (Å²) in [5, 5.41) is 4.45. The molecule has 0 atom stereocenters. The van der Waals surface area contributed by atoms with Gasteiger partial charge in [-0.2, -0.15) is 5.10 Å². The van der Waals surface area contributed by atoms with Crippen molar-refractivity contribution in [2.75, 3.05) is 27.6 Å². The summed E-state index contributed by atoms with van der Waals surface area (Å²) in [4.78, 5) is 12.5. The fourth-order valence-electron chi connectivity index (χ4n) is 2.96. The Kier molecular flexibility index (Phi) is 6.12. The maximum absolute atomic E-state index is 12.3. The van der Waals surface area contributed by atoms with E-state index in [4.69, 9.17) is 14.2 Å². The third-order valence-corrected chi connectivity index (χ3v) is 5.64. The molecule has 0 unspecified atom stereocenters. The maximum Gasteiger partial charge on any atom is 0.267 e. The summed E-state index contributed by atoms with van der Waals surface area (Å²) in [7, 11) is 1.29. The van der Waals surface area contributed by atoms with Crippen molar-refractivity contribution >= 4 is 9.84 Å². The zero-order chi connectivity index (χ0) is 21.9. The van der Waals surface area contributed by atoms with Gasteiger partial charge >= 0.3 is 0 Å². The summed E-state index contributed by atoms with van der Waals surface area (Å²) in [6, 6.07) is 12.9. The van der Waals surface area contributed by atoms with Gasteiger partial charge in [0, 0.05) is 17.9 Å². The van der Waals surface area contributed by atoms with Crippen molar-refractivity contribution in [3.63, 3.8) is 0 Å². The molecule has 0 amide bonds. The maximum atomic E-state index is 12.3. The molecule has 30 heavy (non-hydrogen) atoms. The molecule has 0 N–H and O–H groups in total. The van der Waals surface area contributed by atoms with Crippen LogP contribution in [0.5, 0.6) is 17.2 Å². The minimum atomic E-state index is -3.28. The van der Waals surface area contributed by atoms with Crippen LogP contribution < -0.4 is 19.8 Å². The van der Waals surface area contributed by atoms with Crippen LogP contribution in [0.4, 0.5) is 0 Å². The lowest BCUT2D eigenvalue weighted by Crippen LogP contribution is -2.22. The van der Waals surface area contributed by atoms with E-state index in [2.05, 4.69) is 5.10 Å². The molecule has 0 radical (unpaired) electrons.